The normalized spacial score (nSPS) is 11.1. The molecule has 1 amide bonds. The maximum absolute atomic E-state index is 14.0. The molecule has 0 saturated carbocycles. The molecule has 28 heavy (non-hydrogen) atoms. The van der Waals surface area contributed by atoms with Crippen molar-refractivity contribution in [2.75, 3.05) is 6.54 Å². The summed E-state index contributed by atoms with van der Waals surface area (Å²) in [7, 11) is 0. The first-order valence-electron chi connectivity index (χ1n) is 8.74. The molecular weight excluding hydrogens is 364 g/mol. The maximum atomic E-state index is 14.0. The molecular formula is C20H17F2N5O. The molecule has 0 spiro atoms. The number of carbonyl (C=O) groups is 1. The van der Waals surface area contributed by atoms with Crippen LogP contribution in [0.3, 0.4) is 0 Å². The first-order valence-corrected chi connectivity index (χ1v) is 8.74. The van der Waals surface area contributed by atoms with E-state index in [1.54, 1.807) is 6.92 Å². The minimum Gasteiger partial charge on any atom is -0.352 e. The Morgan fingerprint density at radius 1 is 1.21 bits per heavy atom. The van der Waals surface area contributed by atoms with Crippen LogP contribution in [0.25, 0.3) is 11.3 Å². The number of fused-ring (bicyclic) bond motifs is 1. The fourth-order valence-electron chi connectivity index (χ4n) is 3.04. The van der Waals surface area contributed by atoms with E-state index in [2.05, 4.69) is 15.4 Å². The van der Waals surface area contributed by atoms with Crippen molar-refractivity contribution < 1.29 is 13.6 Å². The van der Waals surface area contributed by atoms with E-state index in [4.69, 9.17) is 0 Å². The van der Waals surface area contributed by atoms with Gasteiger partial charge in [-0.05, 0) is 31.2 Å². The largest absolute Gasteiger partial charge is 0.352 e. The average molecular weight is 381 g/mol. The molecule has 0 saturated heterocycles. The molecule has 0 unspecified atom stereocenters. The van der Waals surface area contributed by atoms with E-state index in [1.807, 2.05) is 35.0 Å². The minimum absolute atomic E-state index is 0.0858. The zero-order chi connectivity index (χ0) is 19.7. The molecule has 3 aromatic heterocycles. The van der Waals surface area contributed by atoms with Crippen LogP contribution < -0.4 is 5.32 Å². The quantitative estimate of drug-likeness (QED) is 0.578. The number of imidazole rings is 1. The minimum atomic E-state index is -0.745. The van der Waals surface area contributed by atoms with Crippen molar-refractivity contribution in [3.63, 3.8) is 0 Å². The summed E-state index contributed by atoms with van der Waals surface area (Å²) in [5.74, 6) is -1.73. The fourth-order valence-corrected chi connectivity index (χ4v) is 3.04. The lowest BCUT2D eigenvalue weighted by molar-refractivity contribution is 0.0953. The molecule has 0 aliphatic carbocycles. The monoisotopic (exact) mass is 381 g/mol. The number of hydrogen-bond acceptors (Lipinski definition) is 3. The Bertz CT molecular complexity index is 1130. The van der Waals surface area contributed by atoms with Gasteiger partial charge in [-0.3, -0.25) is 4.79 Å². The zero-order valence-electron chi connectivity index (χ0n) is 15.1. The van der Waals surface area contributed by atoms with E-state index >= 15 is 0 Å². The van der Waals surface area contributed by atoms with Crippen molar-refractivity contribution in [2.45, 2.75) is 13.3 Å². The standard InChI is InChI=1S/C20H17F2N5O/c1-13-16(11-24-27(13)18-6-5-14(21)10-17(18)22)20(28)23-8-7-15-12-26-9-3-2-4-19(26)25-15/h2-6,9-12H,7-8H2,1H3,(H,23,28). The molecule has 0 bridgehead atoms. The maximum Gasteiger partial charge on any atom is 0.254 e. The van der Waals surface area contributed by atoms with Crippen LogP contribution >= 0.6 is 0 Å². The van der Waals surface area contributed by atoms with Crippen molar-refractivity contribution in [2.24, 2.45) is 0 Å². The third-order valence-electron chi connectivity index (χ3n) is 4.47. The van der Waals surface area contributed by atoms with Gasteiger partial charge in [-0.15, -0.1) is 0 Å². The Morgan fingerprint density at radius 2 is 2.07 bits per heavy atom. The molecule has 0 fully saturated rings. The van der Waals surface area contributed by atoms with Crippen LogP contribution in [-0.2, 0) is 6.42 Å². The number of nitrogens with zero attached hydrogens (tertiary/aromatic N) is 4. The van der Waals surface area contributed by atoms with Crippen molar-refractivity contribution in [1.82, 2.24) is 24.5 Å². The lowest BCUT2D eigenvalue weighted by Gasteiger charge is -2.07. The van der Waals surface area contributed by atoms with E-state index in [0.29, 0.717) is 24.2 Å². The highest BCUT2D eigenvalue weighted by Gasteiger charge is 2.17. The molecule has 0 aliphatic heterocycles. The lowest BCUT2D eigenvalue weighted by atomic mass is 10.2. The summed E-state index contributed by atoms with van der Waals surface area (Å²) in [6, 6.07) is 8.96. The van der Waals surface area contributed by atoms with Crippen molar-refractivity contribution in [3.8, 4) is 5.69 Å². The van der Waals surface area contributed by atoms with Crippen LogP contribution in [0, 0.1) is 18.6 Å². The summed E-state index contributed by atoms with van der Waals surface area (Å²) in [5, 5.41) is 6.90. The van der Waals surface area contributed by atoms with Gasteiger partial charge < -0.3 is 9.72 Å². The first kappa shape index (κ1) is 17.8. The van der Waals surface area contributed by atoms with Crippen molar-refractivity contribution in [3.05, 3.63) is 83.6 Å². The Hall–Kier alpha value is -3.55. The molecule has 3 heterocycles. The Labute approximate surface area is 159 Å². The molecule has 0 aliphatic rings. The number of halogens is 2. The number of nitrogens with one attached hydrogen (secondary N) is 1. The lowest BCUT2D eigenvalue weighted by Crippen LogP contribution is -2.26. The van der Waals surface area contributed by atoms with Gasteiger partial charge in [0.1, 0.15) is 17.2 Å². The summed E-state index contributed by atoms with van der Waals surface area (Å²) in [5.41, 5.74) is 2.60. The number of amides is 1. The van der Waals surface area contributed by atoms with E-state index < -0.39 is 11.6 Å². The van der Waals surface area contributed by atoms with Crippen LogP contribution in [0.15, 0.2) is 55.0 Å². The van der Waals surface area contributed by atoms with E-state index in [-0.39, 0.29) is 11.6 Å². The summed E-state index contributed by atoms with van der Waals surface area (Å²) in [4.78, 5) is 17.0. The topological polar surface area (TPSA) is 64.2 Å². The fraction of sp³-hybridized carbons (Fsp3) is 0.150. The average Bonchev–Trinajstić information content (AvgIpc) is 3.25. The number of rotatable bonds is 5. The molecule has 8 heteroatoms. The SMILES string of the molecule is Cc1c(C(=O)NCCc2cn3ccccc3n2)cnn1-c1ccc(F)cc1F. The second-order valence-corrected chi connectivity index (χ2v) is 6.36. The van der Waals surface area contributed by atoms with Crippen molar-refractivity contribution in [1.29, 1.82) is 0 Å². The first-order chi connectivity index (χ1) is 13.5. The second kappa shape index (κ2) is 7.22. The Balaban J connectivity index is 1.44. The third-order valence-corrected chi connectivity index (χ3v) is 4.47. The van der Waals surface area contributed by atoms with Gasteiger partial charge in [0.25, 0.3) is 5.91 Å². The highest BCUT2D eigenvalue weighted by molar-refractivity contribution is 5.95. The van der Waals surface area contributed by atoms with Gasteiger partial charge in [0.2, 0.25) is 0 Å². The van der Waals surface area contributed by atoms with E-state index in [1.165, 1.54) is 16.9 Å². The van der Waals surface area contributed by atoms with Crippen LogP contribution in [0.1, 0.15) is 21.7 Å². The van der Waals surface area contributed by atoms with E-state index in [0.717, 1.165) is 23.5 Å². The van der Waals surface area contributed by atoms with Crippen LogP contribution in [0.4, 0.5) is 8.78 Å². The molecule has 1 aromatic carbocycles. The molecule has 0 atom stereocenters. The van der Waals surface area contributed by atoms with Gasteiger partial charge in [0, 0.05) is 31.4 Å². The summed E-state index contributed by atoms with van der Waals surface area (Å²) in [6.07, 6.45) is 5.78. The van der Waals surface area contributed by atoms with Crippen LogP contribution in [0.2, 0.25) is 0 Å². The molecule has 0 radical (unpaired) electrons. The third kappa shape index (κ3) is 3.36. The molecule has 6 nitrogen and oxygen atoms in total. The van der Waals surface area contributed by atoms with Gasteiger partial charge >= 0.3 is 0 Å². The predicted octanol–water partition coefficient (Wildman–Crippen LogP) is 3.08. The highest BCUT2D eigenvalue weighted by atomic mass is 19.1. The smallest absolute Gasteiger partial charge is 0.254 e. The summed E-state index contributed by atoms with van der Waals surface area (Å²) in [6.45, 7) is 2.06. The number of hydrogen-bond donors (Lipinski definition) is 1. The molecule has 4 rings (SSSR count). The summed E-state index contributed by atoms with van der Waals surface area (Å²) < 4.78 is 30.3. The van der Waals surface area contributed by atoms with Gasteiger partial charge in [-0.1, -0.05) is 6.07 Å². The Morgan fingerprint density at radius 3 is 2.86 bits per heavy atom. The zero-order valence-corrected chi connectivity index (χ0v) is 15.1. The van der Waals surface area contributed by atoms with Gasteiger partial charge in [-0.25, -0.2) is 18.4 Å². The van der Waals surface area contributed by atoms with Crippen LogP contribution in [-0.4, -0.2) is 31.6 Å². The number of benzene rings is 1. The predicted molar refractivity (Wildman–Crippen MR) is 99.4 cm³/mol. The highest BCUT2D eigenvalue weighted by Crippen LogP contribution is 2.18. The molecule has 4 aromatic rings. The van der Waals surface area contributed by atoms with Crippen LogP contribution in [0.5, 0.6) is 0 Å². The molecule has 1 N–H and O–H groups in total. The van der Waals surface area contributed by atoms with E-state index in [9.17, 15) is 13.6 Å². The summed E-state index contributed by atoms with van der Waals surface area (Å²) >= 11 is 0. The van der Waals surface area contributed by atoms with Gasteiger partial charge in [0.15, 0.2) is 5.82 Å². The van der Waals surface area contributed by atoms with Gasteiger partial charge in [0.05, 0.1) is 23.1 Å². The van der Waals surface area contributed by atoms with Gasteiger partial charge in [-0.2, -0.15) is 5.10 Å². The second-order valence-electron chi connectivity index (χ2n) is 6.36. The number of aromatic nitrogens is 4. The Kier molecular flexibility index (Phi) is 4.60. The van der Waals surface area contributed by atoms with Crippen molar-refractivity contribution >= 4 is 11.6 Å². The number of pyridine rings is 1. The number of carbonyl (C=O) groups excluding carboxylic acids is 1. The molecule has 142 valence electrons.